The molecule has 4 nitrogen and oxygen atoms in total. The third-order valence-electron chi connectivity index (χ3n) is 3.99. The maximum absolute atomic E-state index is 5.53. The standard InChI is InChI=1S/C16H34N2O2/c1-14(2)20-12-5-8-17-9-10-18(11-13-19-4)15(3)16-6-7-16/h14-17H,5-13H2,1-4H3. The molecule has 0 saturated heterocycles. The fourth-order valence-corrected chi connectivity index (χ4v) is 2.47. The van der Waals surface area contributed by atoms with Gasteiger partial charge in [0.25, 0.3) is 0 Å². The molecule has 0 aromatic rings. The molecule has 1 atom stereocenters. The molecule has 4 heteroatoms. The predicted octanol–water partition coefficient (Wildman–Crippen LogP) is 2.14. The molecule has 20 heavy (non-hydrogen) atoms. The van der Waals surface area contributed by atoms with Gasteiger partial charge in [-0.1, -0.05) is 0 Å². The third-order valence-corrected chi connectivity index (χ3v) is 3.99. The van der Waals surface area contributed by atoms with Crippen LogP contribution in [0, 0.1) is 5.92 Å². The second-order valence-electron chi connectivity index (χ2n) is 6.13. The van der Waals surface area contributed by atoms with Crippen LogP contribution in [0.15, 0.2) is 0 Å². The number of methoxy groups -OCH3 is 1. The van der Waals surface area contributed by atoms with Gasteiger partial charge in [0.05, 0.1) is 12.7 Å². The van der Waals surface area contributed by atoms with Crippen LogP contribution in [-0.2, 0) is 9.47 Å². The Kier molecular flexibility index (Phi) is 9.44. The molecule has 120 valence electrons. The van der Waals surface area contributed by atoms with Crippen LogP contribution in [0.5, 0.6) is 0 Å². The Morgan fingerprint density at radius 1 is 1.10 bits per heavy atom. The summed E-state index contributed by atoms with van der Waals surface area (Å²) in [5.41, 5.74) is 0. The van der Waals surface area contributed by atoms with Crippen molar-refractivity contribution in [2.24, 2.45) is 5.92 Å². The lowest BCUT2D eigenvalue weighted by Gasteiger charge is -2.29. The number of rotatable bonds is 13. The summed E-state index contributed by atoms with van der Waals surface area (Å²) in [6.45, 7) is 12.5. The molecule has 1 aliphatic rings. The Balaban J connectivity index is 2.05. The molecule has 0 amide bonds. The molecule has 1 N–H and O–H groups in total. The van der Waals surface area contributed by atoms with E-state index in [0.717, 1.165) is 51.7 Å². The molecular weight excluding hydrogens is 252 g/mol. The Labute approximate surface area is 125 Å². The zero-order valence-electron chi connectivity index (χ0n) is 13.9. The van der Waals surface area contributed by atoms with Crippen LogP contribution in [0.1, 0.15) is 40.0 Å². The fourth-order valence-electron chi connectivity index (χ4n) is 2.47. The summed E-state index contributed by atoms with van der Waals surface area (Å²) in [7, 11) is 1.78. The van der Waals surface area contributed by atoms with E-state index in [1.165, 1.54) is 12.8 Å². The fraction of sp³-hybridized carbons (Fsp3) is 1.00. The van der Waals surface area contributed by atoms with Crippen molar-refractivity contribution in [2.75, 3.05) is 46.5 Å². The van der Waals surface area contributed by atoms with Crippen LogP contribution < -0.4 is 5.32 Å². The largest absolute Gasteiger partial charge is 0.383 e. The number of nitrogens with zero attached hydrogens (tertiary/aromatic N) is 1. The normalized spacial score (nSPS) is 17.1. The van der Waals surface area contributed by atoms with E-state index in [1.807, 2.05) is 0 Å². The monoisotopic (exact) mass is 286 g/mol. The zero-order chi connectivity index (χ0) is 14.8. The van der Waals surface area contributed by atoms with Crippen LogP contribution in [0.25, 0.3) is 0 Å². The highest BCUT2D eigenvalue weighted by molar-refractivity contribution is 4.85. The molecule has 1 fully saturated rings. The van der Waals surface area contributed by atoms with Crippen molar-refractivity contribution in [3.8, 4) is 0 Å². The summed E-state index contributed by atoms with van der Waals surface area (Å²) in [4.78, 5) is 2.57. The van der Waals surface area contributed by atoms with E-state index in [4.69, 9.17) is 9.47 Å². The molecule has 0 heterocycles. The van der Waals surface area contributed by atoms with Crippen LogP contribution >= 0.6 is 0 Å². The molecule has 0 aromatic carbocycles. The van der Waals surface area contributed by atoms with Gasteiger partial charge >= 0.3 is 0 Å². The molecule has 0 aliphatic heterocycles. The van der Waals surface area contributed by atoms with Crippen molar-refractivity contribution >= 4 is 0 Å². The van der Waals surface area contributed by atoms with E-state index in [9.17, 15) is 0 Å². The molecule has 0 aromatic heterocycles. The van der Waals surface area contributed by atoms with Crippen LogP contribution in [-0.4, -0.2) is 63.5 Å². The lowest BCUT2D eigenvalue weighted by atomic mass is 10.2. The summed E-state index contributed by atoms with van der Waals surface area (Å²) < 4.78 is 10.8. The van der Waals surface area contributed by atoms with Crippen molar-refractivity contribution in [3.63, 3.8) is 0 Å². The summed E-state index contributed by atoms with van der Waals surface area (Å²) in [5, 5.41) is 3.52. The molecule has 1 rings (SSSR count). The van der Waals surface area contributed by atoms with E-state index in [2.05, 4.69) is 31.0 Å². The van der Waals surface area contributed by atoms with Gasteiger partial charge in [0, 0.05) is 39.4 Å². The van der Waals surface area contributed by atoms with Gasteiger partial charge in [-0.3, -0.25) is 4.90 Å². The zero-order valence-corrected chi connectivity index (χ0v) is 13.9. The van der Waals surface area contributed by atoms with E-state index < -0.39 is 0 Å². The molecule has 1 unspecified atom stereocenters. The van der Waals surface area contributed by atoms with Crippen molar-refractivity contribution in [2.45, 2.75) is 52.2 Å². The maximum Gasteiger partial charge on any atom is 0.0589 e. The summed E-state index contributed by atoms with van der Waals surface area (Å²) in [6, 6.07) is 0.705. The molecular formula is C16H34N2O2. The van der Waals surface area contributed by atoms with Gasteiger partial charge in [0.15, 0.2) is 0 Å². The van der Waals surface area contributed by atoms with Gasteiger partial charge in [-0.05, 0) is 52.5 Å². The van der Waals surface area contributed by atoms with E-state index >= 15 is 0 Å². The molecule has 1 aliphatic carbocycles. The molecule has 1 saturated carbocycles. The second-order valence-corrected chi connectivity index (χ2v) is 6.13. The first-order chi connectivity index (χ1) is 9.65. The van der Waals surface area contributed by atoms with Crippen molar-refractivity contribution in [1.29, 1.82) is 0 Å². The van der Waals surface area contributed by atoms with Gasteiger partial charge in [0.2, 0.25) is 0 Å². The van der Waals surface area contributed by atoms with Crippen molar-refractivity contribution in [1.82, 2.24) is 10.2 Å². The average Bonchev–Trinajstić information content (AvgIpc) is 3.24. The first-order valence-corrected chi connectivity index (χ1v) is 8.20. The summed E-state index contributed by atoms with van der Waals surface area (Å²) in [6.07, 6.45) is 4.25. The van der Waals surface area contributed by atoms with Gasteiger partial charge < -0.3 is 14.8 Å². The van der Waals surface area contributed by atoms with Gasteiger partial charge in [0.1, 0.15) is 0 Å². The second kappa shape index (κ2) is 10.6. The van der Waals surface area contributed by atoms with Gasteiger partial charge in [-0.25, -0.2) is 0 Å². The summed E-state index contributed by atoms with van der Waals surface area (Å²) in [5.74, 6) is 0.922. The lowest BCUT2D eigenvalue weighted by molar-refractivity contribution is 0.0767. The van der Waals surface area contributed by atoms with Gasteiger partial charge in [-0.15, -0.1) is 0 Å². The van der Waals surface area contributed by atoms with Crippen LogP contribution in [0.2, 0.25) is 0 Å². The highest BCUT2D eigenvalue weighted by atomic mass is 16.5. The van der Waals surface area contributed by atoms with E-state index in [1.54, 1.807) is 7.11 Å². The lowest BCUT2D eigenvalue weighted by Crippen LogP contribution is -2.41. The minimum Gasteiger partial charge on any atom is -0.383 e. The third kappa shape index (κ3) is 8.20. The van der Waals surface area contributed by atoms with E-state index in [-0.39, 0.29) is 0 Å². The number of nitrogens with one attached hydrogen (secondary N) is 1. The van der Waals surface area contributed by atoms with Crippen LogP contribution in [0.3, 0.4) is 0 Å². The van der Waals surface area contributed by atoms with Crippen LogP contribution in [0.4, 0.5) is 0 Å². The number of hydrogen-bond acceptors (Lipinski definition) is 4. The minimum atomic E-state index is 0.346. The van der Waals surface area contributed by atoms with E-state index in [0.29, 0.717) is 12.1 Å². The predicted molar refractivity (Wildman–Crippen MR) is 84.2 cm³/mol. The van der Waals surface area contributed by atoms with Crippen molar-refractivity contribution in [3.05, 3.63) is 0 Å². The Morgan fingerprint density at radius 2 is 1.85 bits per heavy atom. The average molecular weight is 286 g/mol. The maximum atomic E-state index is 5.53. The summed E-state index contributed by atoms with van der Waals surface area (Å²) >= 11 is 0. The first-order valence-electron chi connectivity index (χ1n) is 8.20. The topological polar surface area (TPSA) is 33.7 Å². The highest BCUT2D eigenvalue weighted by Gasteiger charge is 2.31. The molecule has 0 radical (unpaired) electrons. The Morgan fingerprint density at radius 3 is 2.45 bits per heavy atom. The number of hydrogen-bond donors (Lipinski definition) is 1. The number of ether oxygens (including phenoxy) is 2. The highest BCUT2D eigenvalue weighted by Crippen LogP contribution is 2.34. The Bertz CT molecular complexity index is 233. The quantitative estimate of drug-likeness (QED) is 0.526. The molecule has 0 spiro atoms. The van der Waals surface area contributed by atoms with Gasteiger partial charge in [-0.2, -0.15) is 0 Å². The first kappa shape index (κ1) is 17.9. The molecule has 0 bridgehead atoms. The van der Waals surface area contributed by atoms with Crippen molar-refractivity contribution < 1.29 is 9.47 Å². The smallest absolute Gasteiger partial charge is 0.0589 e. The SMILES string of the molecule is COCCN(CCNCCCOC(C)C)C(C)C1CC1. The minimum absolute atomic E-state index is 0.346. The Hall–Kier alpha value is -0.160.